The van der Waals surface area contributed by atoms with Gasteiger partial charge in [-0.1, -0.05) is 26.7 Å². The third kappa shape index (κ3) is 9.37. The van der Waals surface area contributed by atoms with Crippen molar-refractivity contribution in [3.05, 3.63) is 0 Å². The fourth-order valence-corrected chi connectivity index (χ4v) is 2.88. The average Bonchev–Trinajstić information content (AvgIpc) is 2.51. The molecule has 0 spiro atoms. The number of carbonyl (C=O) groups excluding carboxylic acids is 1. The average molecular weight is 438 g/mol. The molecule has 0 saturated heterocycles. The number of likely N-dealkylation sites (N-methyl/N-ethyl adjacent to an activating group) is 1. The van der Waals surface area contributed by atoms with Crippen LogP contribution in [0.5, 0.6) is 0 Å². The summed E-state index contributed by atoms with van der Waals surface area (Å²) in [5, 5.41) is 6.83. The molecule has 5 nitrogen and oxygen atoms in total. The summed E-state index contributed by atoms with van der Waals surface area (Å²) >= 11 is 0. The molecular formula is C17H35IN4O. The third-order valence-corrected chi connectivity index (χ3v) is 4.30. The van der Waals surface area contributed by atoms with Gasteiger partial charge in [-0.05, 0) is 38.0 Å². The summed E-state index contributed by atoms with van der Waals surface area (Å²) in [6, 6.07) is 0.491. The van der Waals surface area contributed by atoms with Crippen LogP contribution < -0.4 is 10.6 Å². The zero-order chi connectivity index (χ0) is 16.4. The van der Waals surface area contributed by atoms with Crippen molar-refractivity contribution in [1.29, 1.82) is 0 Å². The minimum absolute atomic E-state index is 0. The number of hydrogen-bond acceptors (Lipinski definition) is 2. The van der Waals surface area contributed by atoms with Gasteiger partial charge in [0.15, 0.2) is 5.96 Å². The summed E-state index contributed by atoms with van der Waals surface area (Å²) in [6.07, 6.45) is 8.73. The molecule has 1 amide bonds. The van der Waals surface area contributed by atoms with E-state index >= 15 is 0 Å². The highest BCUT2D eigenvalue weighted by molar-refractivity contribution is 14.0. The Morgan fingerprint density at radius 3 is 2.30 bits per heavy atom. The highest BCUT2D eigenvalue weighted by Crippen LogP contribution is 2.27. The highest BCUT2D eigenvalue weighted by Gasteiger charge is 2.21. The Balaban J connectivity index is 0.00000484. The first-order valence-electron chi connectivity index (χ1n) is 8.81. The maximum atomic E-state index is 11.7. The van der Waals surface area contributed by atoms with Gasteiger partial charge in [0.05, 0.1) is 0 Å². The molecule has 2 N–H and O–H groups in total. The van der Waals surface area contributed by atoms with Crippen molar-refractivity contribution in [3.8, 4) is 0 Å². The minimum atomic E-state index is 0. The zero-order valence-electron chi connectivity index (χ0n) is 15.2. The molecule has 1 rings (SSSR count). The Kier molecular flexibility index (Phi) is 12.5. The predicted molar refractivity (Wildman–Crippen MR) is 108 cm³/mol. The molecule has 0 aromatic rings. The van der Waals surface area contributed by atoms with E-state index in [1.165, 1.54) is 38.5 Å². The molecule has 0 aromatic carbocycles. The number of carbonyl (C=O) groups is 1. The van der Waals surface area contributed by atoms with Gasteiger partial charge < -0.3 is 15.5 Å². The Morgan fingerprint density at radius 1 is 1.13 bits per heavy atom. The SMILES string of the molecule is CCCNC(=NCC(=O)N(C)C)NC1CCC(CCC)CC1.I. The van der Waals surface area contributed by atoms with Gasteiger partial charge in [-0.3, -0.25) is 4.79 Å². The monoisotopic (exact) mass is 438 g/mol. The Bertz CT molecular complexity index is 353. The Labute approximate surface area is 159 Å². The van der Waals surface area contributed by atoms with Gasteiger partial charge >= 0.3 is 0 Å². The van der Waals surface area contributed by atoms with Crippen molar-refractivity contribution in [2.75, 3.05) is 27.2 Å². The minimum Gasteiger partial charge on any atom is -0.356 e. The summed E-state index contributed by atoms with van der Waals surface area (Å²) in [5.74, 6) is 1.72. The Morgan fingerprint density at radius 2 is 1.78 bits per heavy atom. The van der Waals surface area contributed by atoms with Gasteiger partial charge in [0, 0.05) is 26.7 Å². The molecule has 1 saturated carbocycles. The summed E-state index contributed by atoms with van der Waals surface area (Å²) in [4.78, 5) is 17.7. The lowest BCUT2D eigenvalue weighted by Gasteiger charge is -2.30. The fraction of sp³-hybridized carbons (Fsp3) is 0.882. The van der Waals surface area contributed by atoms with E-state index in [2.05, 4.69) is 29.5 Å². The smallest absolute Gasteiger partial charge is 0.243 e. The van der Waals surface area contributed by atoms with E-state index in [4.69, 9.17) is 0 Å². The molecule has 6 heteroatoms. The van der Waals surface area contributed by atoms with E-state index in [0.717, 1.165) is 24.8 Å². The van der Waals surface area contributed by atoms with Crippen molar-refractivity contribution in [2.24, 2.45) is 10.9 Å². The van der Waals surface area contributed by atoms with Crippen molar-refractivity contribution in [1.82, 2.24) is 15.5 Å². The van der Waals surface area contributed by atoms with Gasteiger partial charge in [-0.25, -0.2) is 4.99 Å². The second kappa shape index (κ2) is 12.8. The second-order valence-electron chi connectivity index (χ2n) is 6.53. The van der Waals surface area contributed by atoms with Crippen molar-refractivity contribution >= 4 is 35.8 Å². The van der Waals surface area contributed by atoms with Gasteiger partial charge in [0.2, 0.25) is 5.91 Å². The van der Waals surface area contributed by atoms with Crippen LogP contribution in [-0.2, 0) is 4.79 Å². The van der Waals surface area contributed by atoms with Crippen LogP contribution in [0.4, 0.5) is 0 Å². The second-order valence-corrected chi connectivity index (χ2v) is 6.53. The topological polar surface area (TPSA) is 56.7 Å². The number of hydrogen-bond donors (Lipinski definition) is 2. The summed E-state index contributed by atoms with van der Waals surface area (Å²) in [5.41, 5.74) is 0. The van der Waals surface area contributed by atoms with Crippen LogP contribution in [0.1, 0.15) is 58.8 Å². The van der Waals surface area contributed by atoms with E-state index < -0.39 is 0 Å². The number of halogens is 1. The molecule has 0 aliphatic heterocycles. The molecule has 23 heavy (non-hydrogen) atoms. The zero-order valence-corrected chi connectivity index (χ0v) is 17.6. The van der Waals surface area contributed by atoms with Crippen LogP contribution in [0, 0.1) is 5.92 Å². The molecule has 0 atom stereocenters. The molecule has 1 aliphatic rings. The molecular weight excluding hydrogens is 403 g/mol. The first-order chi connectivity index (χ1) is 10.6. The summed E-state index contributed by atoms with van der Waals surface area (Å²) in [6.45, 7) is 5.49. The molecule has 0 heterocycles. The van der Waals surface area contributed by atoms with E-state index in [9.17, 15) is 4.79 Å². The highest BCUT2D eigenvalue weighted by atomic mass is 127. The number of nitrogens with one attached hydrogen (secondary N) is 2. The Hall–Kier alpha value is -0.530. The molecule has 0 aromatic heterocycles. The van der Waals surface area contributed by atoms with Crippen LogP contribution >= 0.6 is 24.0 Å². The van der Waals surface area contributed by atoms with Crippen LogP contribution in [0.2, 0.25) is 0 Å². The summed E-state index contributed by atoms with van der Waals surface area (Å²) < 4.78 is 0. The molecule has 1 aliphatic carbocycles. The number of nitrogens with zero attached hydrogens (tertiary/aromatic N) is 2. The third-order valence-electron chi connectivity index (χ3n) is 4.30. The lowest BCUT2D eigenvalue weighted by atomic mass is 9.83. The van der Waals surface area contributed by atoms with E-state index in [1.54, 1.807) is 19.0 Å². The molecule has 136 valence electrons. The van der Waals surface area contributed by atoms with Crippen LogP contribution in [0.15, 0.2) is 4.99 Å². The predicted octanol–water partition coefficient (Wildman–Crippen LogP) is 3.00. The van der Waals surface area contributed by atoms with E-state index in [0.29, 0.717) is 6.04 Å². The number of amides is 1. The van der Waals surface area contributed by atoms with Crippen LogP contribution in [-0.4, -0.2) is 50.0 Å². The standard InChI is InChI=1S/C17H34N4O.HI/c1-5-7-14-8-10-15(11-9-14)20-17(18-12-6-2)19-13-16(22)21(3)4;/h14-15H,5-13H2,1-4H3,(H2,18,19,20);1H. The van der Waals surface area contributed by atoms with Crippen molar-refractivity contribution < 1.29 is 4.79 Å². The largest absolute Gasteiger partial charge is 0.356 e. The lowest BCUT2D eigenvalue weighted by molar-refractivity contribution is -0.127. The van der Waals surface area contributed by atoms with E-state index in [1.807, 2.05) is 0 Å². The first-order valence-corrected chi connectivity index (χ1v) is 8.81. The van der Waals surface area contributed by atoms with E-state index in [-0.39, 0.29) is 36.4 Å². The normalized spacial score (nSPS) is 21.3. The molecule has 0 bridgehead atoms. The first kappa shape index (κ1) is 22.5. The van der Waals surface area contributed by atoms with Gasteiger partial charge in [0.1, 0.15) is 6.54 Å². The number of rotatable bonds is 7. The number of guanidine groups is 1. The van der Waals surface area contributed by atoms with Crippen molar-refractivity contribution in [3.63, 3.8) is 0 Å². The van der Waals surface area contributed by atoms with Crippen LogP contribution in [0.3, 0.4) is 0 Å². The fourth-order valence-electron chi connectivity index (χ4n) is 2.88. The molecule has 0 radical (unpaired) electrons. The van der Waals surface area contributed by atoms with Crippen molar-refractivity contribution in [2.45, 2.75) is 64.8 Å². The summed E-state index contributed by atoms with van der Waals surface area (Å²) in [7, 11) is 3.53. The quantitative estimate of drug-likeness (QED) is 0.365. The molecule has 0 unspecified atom stereocenters. The maximum Gasteiger partial charge on any atom is 0.243 e. The van der Waals surface area contributed by atoms with Crippen LogP contribution in [0.25, 0.3) is 0 Å². The van der Waals surface area contributed by atoms with Gasteiger partial charge in [-0.2, -0.15) is 0 Å². The number of aliphatic imine (C=N–C) groups is 1. The molecule has 1 fully saturated rings. The lowest BCUT2D eigenvalue weighted by Crippen LogP contribution is -2.45. The maximum absolute atomic E-state index is 11.7. The van der Waals surface area contributed by atoms with Gasteiger partial charge in [0.25, 0.3) is 0 Å². The van der Waals surface area contributed by atoms with Gasteiger partial charge in [-0.15, -0.1) is 24.0 Å².